The van der Waals surface area contributed by atoms with Crippen LogP contribution in [0.25, 0.3) is 0 Å². The van der Waals surface area contributed by atoms with E-state index in [1.807, 2.05) is 0 Å². The van der Waals surface area contributed by atoms with Gasteiger partial charge in [-0.05, 0) is 100 Å². The number of benzene rings is 1. The van der Waals surface area contributed by atoms with Crippen molar-refractivity contribution in [2.24, 2.45) is 11.8 Å². The average molecular weight is 519 g/mol. The minimum absolute atomic E-state index is 0.574. The second-order valence-corrected chi connectivity index (χ2v) is 25.0. The number of ether oxygens (including phenoxy) is 2. The number of hydrogen-bond acceptors (Lipinski definition) is 4. The molecule has 1 aromatic rings. The lowest BCUT2D eigenvalue weighted by atomic mass is 9.88. The predicted octanol–water partition coefficient (Wildman–Crippen LogP) is 6.32. The van der Waals surface area contributed by atoms with E-state index in [4.69, 9.17) is 17.7 Å². The molecule has 1 aromatic carbocycles. The standard InChI is InChI=1S/C27H46O4Si3/c1-32(2,17-15-21-11-13-24-26(19-21)28-24)30-34(5,23-9-7-6-8-10-23)31-33(3,4)18-16-22-12-14-25-27(20-22)29-25/h6-10,21-22,24-27H,11-20H2,1-5H3. The van der Waals surface area contributed by atoms with Crippen molar-refractivity contribution in [1.82, 2.24) is 0 Å². The van der Waals surface area contributed by atoms with Gasteiger partial charge in [0.15, 0.2) is 16.6 Å². The Hall–Kier alpha value is -0.289. The molecule has 6 atom stereocenters. The van der Waals surface area contributed by atoms with Crippen LogP contribution in [0.2, 0.25) is 44.8 Å². The van der Waals surface area contributed by atoms with E-state index in [9.17, 15) is 0 Å². The van der Waals surface area contributed by atoms with Crippen molar-refractivity contribution in [1.29, 1.82) is 0 Å². The molecule has 2 heterocycles. The zero-order chi connectivity index (χ0) is 24.0. The molecule has 0 aromatic heterocycles. The molecule has 6 unspecified atom stereocenters. The quantitative estimate of drug-likeness (QED) is 0.254. The summed E-state index contributed by atoms with van der Waals surface area (Å²) in [7, 11) is -6.25. The van der Waals surface area contributed by atoms with Crippen LogP contribution in [0.1, 0.15) is 51.4 Å². The zero-order valence-electron chi connectivity index (χ0n) is 22.1. The molecule has 0 spiro atoms. The van der Waals surface area contributed by atoms with Gasteiger partial charge in [-0.15, -0.1) is 0 Å². The Morgan fingerprint density at radius 3 is 1.59 bits per heavy atom. The smallest absolute Gasteiger partial charge is 0.348 e. The van der Waals surface area contributed by atoms with Crippen molar-refractivity contribution in [2.75, 3.05) is 0 Å². The molecule has 0 amide bonds. The molecule has 4 fully saturated rings. The van der Waals surface area contributed by atoms with Crippen LogP contribution < -0.4 is 5.19 Å². The van der Waals surface area contributed by atoms with Gasteiger partial charge in [0, 0.05) is 0 Å². The lowest BCUT2D eigenvalue weighted by Gasteiger charge is -2.41. The molecule has 4 nitrogen and oxygen atoms in total. The Labute approximate surface area is 210 Å². The summed E-state index contributed by atoms with van der Waals surface area (Å²) in [4.78, 5) is 0. The predicted molar refractivity (Wildman–Crippen MR) is 146 cm³/mol. The first-order valence-corrected chi connectivity index (χ1v) is 22.4. The van der Waals surface area contributed by atoms with E-state index in [1.54, 1.807) is 0 Å². The van der Waals surface area contributed by atoms with Gasteiger partial charge < -0.3 is 17.7 Å². The van der Waals surface area contributed by atoms with E-state index < -0.39 is 25.2 Å². The second kappa shape index (κ2) is 9.88. The molecule has 2 aliphatic carbocycles. The molecule has 34 heavy (non-hydrogen) atoms. The summed E-state index contributed by atoms with van der Waals surface area (Å²) in [6.45, 7) is 12.0. The van der Waals surface area contributed by atoms with Gasteiger partial charge in [0.05, 0.1) is 24.4 Å². The molecule has 4 aliphatic rings. The Morgan fingerprint density at radius 1 is 0.676 bits per heavy atom. The first kappa shape index (κ1) is 25.4. The highest BCUT2D eigenvalue weighted by Gasteiger charge is 2.48. The average Bonchev–Trinajstić information content (AvgIpc) is 3.70. The van der Waals surface area contributed by atoms with Crippen LogP contribution in [0.5, 0.6) is 0 Å². The number of fused-ring (bicyclic) bond motifs is 2. The molecule has 2 saturated heterocycles. The van der Waals surface area contributed by atoms with Crippen LogP contribution >= 0.6 is 0 Å². The molecule has 0 bridgehead atoms. The van der Waals surface area contributed by atoms with E-state index in [0.29, 0.717) is 24.4 Å². The van der Waals surface area contributed by atoms with Gasteiger partial charge in [0.1, 0.15) is 0 Å². The molecule has 0 N–H and O–H groups in total. The van der Waals surface area contributed by atoms with E-state index >= 15 is 0 Å². The topological polar surface area (TPSA) is 43.5 Å². The molecule has 0 radical (unpaired) electrons. The molecule has 7 heteroatoms. The SMILES string of the molecule is C[Si](C)(CCC1CCC2OC2C1)O[Si](C)(O[Si](C)(C)CCC1CCC2OC2C1)c1ccccc1. The Bertz CT molecular complexity index is 786. The third kappa shape index (κ3) is 6.52. The largest absolute Gasteiger partial charge is 0.433 e. The molecule has 190 valence electrons. The van der Waals surface area contributed by atoms with Crippen LogP contribution in [0.4, 0.5) is 0 Å². The van der Waals surface area contributed by atoms with E-state index in [0.717, 1.165) is 11.8 Å². The highest BCUT2D eigenvalue weighted by atomic mass is 28.5. The van der Waals surface area contributed by atoms with Gasteiger partial charge in [-0.2, -0.15) is 0 Å². The second-order valence-electron chi connectivity index (χ2n) is 12.9. The van der Waals surface area contributed by atoms with Gasteiger partial charge in [-0.3, -0.25) is 0 Å². The van der Waals surface area contributed by atoms with E-state index in [-0.39, 0.29) is 0 Å². The van der Waals surface area contributed by atoms with Crippen LogP contribution in [0.3, 0.4) is 0 Å². The summed E-state index contributed by atoms with van der Waals surface area (Å²) in [5.41, 5.74) is 0. The minimum Gasteiger partial charge on any atom is -0.433 e. The summed E-state index contributed by atoms with van der Waals surface area (Å²) in [6, 6.07) is 13.4. The molecule has 2 aliphatic heterocycles. The highest BCUT2D eigenvalue weighted by molar-refractivity contribution is 6.94. The fourth-order valence-corrected chi connectivity index (χ4v) is 20.4. The fourth-order valence-electron chi connectivity index (χ4n) is 6.64. The first-order chi connectivity index (χ1) is 16.1. The Kier molecular flexibility index (Phi) is 7.37. The van der Waals surface area contributed by atoms with Crippen molar-refractivity contribution < 1.29 is 17.7 Å². The number of epoxide rings is 2. The zero-order valence-corrected chi connectivity index (χ0v) is 25.1. The van der Waals surface area contributed by atoms with Gasteiger partial charge >= 0.3 is 8.56 Å². The summed E-state index contributed by atoms with van der Waals surface area (Å²) in [5, 5.41) is 1.30. The van der Waals surface area contributed by atoms with Gasteiger partial charge in [-0.1, -0.05) is 43.2 Å². The van der Waals surface area contributed by atoms with Crippen molar-refractivity contribution in [2.45, 2.75) is 121 Å². The fraction of sp³-hybridized carbons (Fsp3) is 0.778. The summed E-state index contributed by atoms with van der Waals surface area (Å²) in [6.07, 6.45) is 12.7. The number of rotatable bonds is 11. The first-order valence-electron chi connectivity index (χ1n) is 13.9. The maximum Gasteiger partial charge on any atom is 0.348 e. The molecule has 2 saturated carbocycles. The van der Waals surface area contributed by atoms with Gasteiger partial charge in [0.2, 0.25) is 0 Å². The third-order valence-electron chi connectivity index (χ3n) is 8.78. The summed E-state index contributed by atoms with van der Waals surface area (Å²) < 4.78 is 26.0. The lowest BCUT2D eigenvalue weighted by Crippen LogP contribution is -2.61. The van der Waals surface area contributed by atoms with Crippen LogP contribution in [0.15, 0.2) is 30.3 Å². The summed E-state index contributed by atoms with van der Waals surface area (Å²) >= 11 is 0. The monoisotopic (exact) mass is 518 g/mol. The molecular weight excluding hydrogens is 473 g/mol. The van der Waals surface area contributed by atoms with Crippen molar-refractivity contribution >= 4 is 30.4 Å². The normalized spacial score (nSPS) is 34.6. The van der Waals surface area contributed by atoms with E-state index in [2.05, 4.69) is 63.1 Å². The summed E-state index contributed by atoms with van der Waals surface area (Å²) in [5.74, 6) is 1.64. The van der Waals surface area contributed by atoms with Crippen molar-refractivity contribution in [3.05, 3.63) is 30.3 Å². The molecule has 5 rings (SSSR count). The maximum absolute atomic E-state index is 7.23. The Morgan fingerprint density at radius 2 is 1.15 bits per heavy atom. The third-order valence-corrected chi connectivity index (χ3v) is 20.7. The van der Waals surface area contributed by atoms with Crippen molar-refractivity contribution in [3.63, 3.8) is 0 Å². The van der Waals surface area contributed by atoms with Crippen LogP contribution in [0, 0.1) is 11.8 Å². The van der Waals surface area contributed by atoms with Gasteiger partial charge in [-0.25, -0.2) is 0 Å². The molecular formula is C27H46O4Si3. The number of hydrogen-bond donors (Lipinski definition) is 0. The highest BCUT2D eigenvalue weighted by Crippen LogP contribution is 2.43. The maximum atomic E-state index is 7.23. The lowest BCUT2D eigenvalue weighted by molar-refractivity contribution is 0.347. The van der Waals surface area contributed by atoms with Gasteiger partial charge in [0.25, 0.3) is 0 Å². The van der Waals surface area contributed by atoms with Crippen LogP contribution in [-0.4, -0.2) is 49.6 Å². The van der Waals surface area contributed by atoms with E-state index in [1.165, 1.54) is 68.6 Å². The minimum atomic E-state index is -2.51. The van der Waals surface area contributed by atoms with Crippen LogP contribution in [-0.2, 0) is 17.7 Å². The van der Waals surface area contributed by atoms with Crippen molar-refractivity contribution in [3.8, 4) is 0 Å². The Balaban J connectivity index is 1.21.